The molecular formula is C25H32F2N8O4. The SMILES string of the molecule is CCC(C)(O)c1cc(F)c(F)cc1Nc1ncnc(Nc2cc([N+](=O)[O-])c(N(C)CCN(C)C)cc2OC)n1. The Morgan fingerprint density at radius 3 is 2.23 bits per heavy atom. The quantitative estimate of drug-likeness (QED) is 0.223. The van der Waals surface area contributed by atoms with Gasteiger partial charge < -0.3 is 30.3 Å². The van der Waals surface area contributed by atoms with Crippen LogP contribution in [0.15, 0.2) is 30.6 Å². The molecule has 0 aliphatic rings. The maximum absolute atomic E-state index is 14.0. The molecule has 3 aromatic rings. The number of nitro groups is 1. The molecule has 1 unspecified atom stereocenters. The fourth-order valence-corrected chi connectivity index (χ4v) is 3.69. The minimum absolute atomic E-state index is 0.000181. The molecule has 39 heavy (non-hydrogen) atoms. The highest BCUT2D eigenvalue weighted by molar-refractivity contribution is 5.76. The normalized spacial score (nSPS) is 12.7. The van der Waals surface area contributed by atoms with Crippen LogP contribution in [0.5, 0.6) is 5.75 Å². The second-order valence-corrected chi connectivity index (χ2v) is 9.35. The molecule has 0 saturated carbocycles. The molecule has 0 amide bonds. The largest absolute Gasteiger partial charge is 0.494 e. The standard InChI is InChI=1S/C25H32F2N8O4/c1-7-25(2,36)15-10-16(26)17(27)11-18(15)30-23-28-14-29-24(32-23)31-19-12-21(35(37)38)20(13-22(19)39-6)34(5)9-8-33(3)4/h10-14,36H,7-9H2,1-6H3,(H2,28,29,30,31,32). The van der Waals surface area contributed by atoms with Gasteiger partial charge in [-0.15, -0.1) is 0 Å². The van der Waals surface area contributed by atoms with Crippen LogP contribution >= 0.6 is 0 Å². The lowest BCUT2D eigenvalue weighted by molar-refractivity contribution is -0.384. The van der Waals surface area contributed by atoms with Gasteiger partial charge in [0.05, 0.1) is 29.0 Å². The summed E-state index contributed by atoms with van der Waals surface area (Å²) in [6, 6.07) is 4.70. The van der Waals surface area contributed by atoms with Crippen LogP contribution in [0.4, 0.5) is 43.4 Å². The maximum atomic E-state index is 14.0. The monoisotopic (exact) mass is 546 g/mol. The summed E-state index contributed by atoms with van der Waals surface area (Å²) >= 11 is 0. The van der Waals surface area contributed by atoms with E-state index in [1.165, 1.54) is 26.4 Å². The van der Waals surface area contributed by atoms with E-state index in [0.717, 1.165) is 12.1 Å². The lowest BCUT2D eigenvalue weighted by Gasteiger charge is -2.25. The highest BCUT2D eigenvalue weighted by Crippen LogP contribution is 2.39. The molecule has 0 aliphatic carbocycles. The van der Waals surface area contributed by atoms with E-state index >= 15 is 0 Å². The lowest BCUT2D eigenvalue weighted by atomic mass is 9.91. The summed E-state index contributed by atoms with van der Waals surface area (Å²) in [6.07, 6.45) is 1.40. The number of hydrogen-bond donors (Lipinski definition) is 3. The Hall–Kier alpha value is -4.17. The highest BCUT2D eigenvalue weighted by Gasteiger charge is 2.27. The number of nitro benzene ring substituents is 1. The molecule has 1 aromatic heterocycles. The van der Waals surface area contributed by atoms with E-state index in [1.807, 2.05) is 19.0 Å². The van der Waals surface area contributed by atoms with Gasteiger partial charge in [-0.2, -0.15) is 4.98 Å². The number of benzene rings is 2. The van der Waals surface area contributed by atoms with Gasteiger partial charge in [0, 0.05) is 43.9 Å². The third kappa shape index (κ3) is 7.03. The summed E-state index contributed by atoms with van der Waals surface area (Å²) in [5, 5.41) is 28.3. The molecule has 210 valence electrons. The number of likely N-dealkylation sites (N-methyl/N-ethyl adjacent to an activating group) is 2. The molecule has 2 aromatic carbocycles. The summed E-state index contributed by atoms with van der Waals surface area (Å²) < 4.78 is 33.5. The second kappa shape index (κ2) is 12.1. The van der Waals surface area contributed by atoms with Gasteiger partial charge in [0.1, 0.15) is 17.8 Å². The number of aliphatic hydroxyl groups is 1. The first-order chi connectivity index (χ1) is 18.4. The van der Waals surface area contributed by atoms with E-state index in [0.29, 0.717) is 24.5 Å². The van der Waals surface area contributed by atoms with Crippen LogP contribution in [0.1, 0.15) is 25.8 Å². The smallest absolute Gasteiger partial charge is 0.294 e. The van der Waals surface area contributed by atoms with E-state index in [1.54, 1.807) is 24.9 Å². The minimum Gasteiger partial charge on any atom is -0.494 e. The van der Waals surface area contributed by atoms with Gasteiger partial charge in [-0.3, -0.25) is 10.1 Å². The van der Waals surface area contributed by atoms with Crippen molar-refractivity contribution in [3.05, 3.63) is 57.9 Å². The van der Waals surface area contributed by atoms with E-state index in [-0.39, 0.29) is 40.9 Å². The Morgan fingerprint density at radius 1 is 1.05 bits per heavy atom. The average molecular weight is 547 g/mol. The summed E-state index contributed by atoms with van der Waals surface area (Å²) in [5.41, 5.74) is -0.829. The summed E-state index contributed by atoms with van der Waals surface area (Å²) in [7, 11) is 7.01. The van der Waals surface area contributed by atoms with E-state index in [4.69, 9.17) is 4.74 Å². The predicted molar refractivity (Wildman–Crippen MR) is 144 cm³/mol. The molecule has 0 saturated heterocycles. The Morgan fingerprint density at radius 2 is 1.67 bits per heavy atom. The molecule has 3 rings (SSSR count). The molecule has 0 radical (unpaired) electrons. The minimum atomic E-state index is -1.46. The van der Waals surface area contributed by atoms with Crippen molar-refractivity contribution < 1.29 is 23.5 Å². The van der Waals surface area contributed by atoms with Gasteiger partial charge in [-0.05, 0) is 33.5 Å². The Bertz CT molecular complexity index is 1340. The van der Waals surface area contributed by atoms with Crippen LogP contribution in [0.3, 0.4) is 0 Å². The zero-order valence-electron chi connectivity index (χ0n) is 22.6. The van der Waals surface area contributed by atoms with Crippen LogP contribution < -0.4 is 20.3 Å². The van der Waals surface area contributed by atoms with Crippen LogP contribution in [0.2, 0.25) is 0 Å². The number of anilines is 5. The molecule has 3 N–H and O–H groups in total. The van der Waals surface area contributed by atoms with Crippen molar-refractivity contribution in [2.24, 2.45) is 0 Å². The third-order valence-corrected chi connectivity index (χ3v) is 6.18. The summed E-state index contributed by atoms with van der Waals surface area (Å²) in [5.74, 6) is -1.95. The maximum Gasteiger partial charge on any atom is 0.294 e. The molecule has 0 bridgehead atoms. The first-order valence-electron chi connectivity index (χ1n) is 12.0. The topological polar surface area (TPSA) is 142 Å². The second-order valence-electron chi connectivity index (χ2n) is 9.35. The molecule has 1 heterocycles. The molecule has 14 heteroatoms. The van der Waals surface area contributed by atoms with Gasteiger partial charge in [-0.25, -0.2) is 18.7 Å². The number of methoxy groups -OCH3 is 1. The number of aromatic nitrogens is 3. The fourth-order valence-electron chi connectivity index (χ4n) is 3.69. The predicted octanol–water partition coefficient (Wildman–Crippen LogP) is 4.17. The van der Waals surface area contributed by atoms with Gasteiger partial charge in [0.25, 0.3) is 5.69 Å². The summed E-state index contributed by atoms with van der Waals surface area (Å²) in [6.45, 7) is 4.41. The van der Waals surface area contributed by atoms with E-state index in [9.17, 15) is 24.0 Å². The van der Waals surface area contributed by atoms with Gasteiger partial charge in [0.15, 0.2) is 11.6 Å². The van der Waals surface area contributed by atoms with Gasteiger partial charge >= 0.3 is 0 Å². The molecule has 0 spiro atoms. The molecular weight excluding hydrogens is 514 g/mol. The molecule has 12 nitrogen and oxygen atoms in total. The number of nitrogens with zero attached hydrogens (tertiary/aromatic N) is 6. The van der Waals surface area contributed by atoms with Crippen molar-refractivity contribution in [2.45, 2.75) is 25.9 Å². The molecule has 0 aliphatic heterocycles. The first kappa shape index (κ1) is 29.4. The molecule has 0 fully saturated rings. The van der Waals surface area contributed by atoms with Gasteiger partial charge in [-0.1, -0.05) is 6.92 Å². The Labute approximate surface area is 224 Å². The lowest BCUT2D eigenvalue weighted by Crippen LogP contribution is -2.29. The Kier molecular flexibility index (Phi) is 9.14. The zero-order valence-corrected chi connectivity index (χ0v) is 22.6. The van der Waals surface area contributed by atoms with Crippen LogP contribution in [-0.4, -0.2) is 71.2 Å². The fraction of sp³-hybridized carbons (Fsp3) is 0.400. The first-order valence-corrected chi connectivity index (χ1v) is 12.0. The van der Waals surface area contributed by atoms with Crippen molar-refractivity contribution >= 4 is 34.6 Å². The molecule has 1 atom stereocenters. The summed E-state index contributed by atoms with van der Waals surface area (Å²) in [4.78, 5) is 27.4. The zero-order chi connectivity index (χ0) is 28.9. The van der Waals surface area contributed by atoms with Crippen LogP contribution in [0.25, 0.3) is 0 Å². The van der Waals surface area contributed by atoms with E-state index < -0.39 is 22.2 Å². The van der Waals surface area contributed by atoms with Crippen molar-refractivity contribution in [3.8, 4) is 5.75 Å². The van der Waals surface area contributed by atoms with Crippen molar-refractivity contribution in [2.75, 3.05) is 56.9 Å². The van der Waals surface area contributed by atoms with Crippen LogP contribution in [-0.2, 0) is 5.60 Å². The van der Waals surface area contributed by atoms with E-state index in [2.05, 4.69) is 25.6 Å². The number of nitrogens with one attached hydrogen (secondary N) is 2. The average Bonchev–Trinajstić information content (AvgIpc) is 2.89. The number of hydrogen-bond acceptors (Lipinski definition) is 11. The van der Waals surface area contributed by atoms with Crippen LogP contribution in [0, 0.1) is 21.7 Å². The number of ether oxygens (including phenoxy) is 1. The van der Waals surface area contributed by atoms with Gasteiger partial charge in [0.2, 0.25) is 11.9 Å². The number of halogens is 2. The number of rotatable bonds is 12. The third-order valence-electron chi connectivity index (χ3n) is 6.18. The van der Waals surface area contributed by atoms with Crippen molar-refractivity contribution in [1.29, 1.82) is 0 Å². The van der Waals surface area contributed by atoms with Crippen molar-refractivity contribution in [1.82, 2.24) is 19.9 Å². The highest BCUT2D eigenvalue weighted by atomic mass is 19.2. The Balaban J connectivity index is 1.95. The van der Waals surface area contributed by atoms with Crippen molar-refractivity contribution in [3.63, 3.8) is 0 Å².